The molecule has 0 aliphatic carbocycles. The number of halogens is 2. The first-order valence-corrected chi connectivity index (χ1v) is 5.03. The van der Waals surface area contributed by atoms with E-state index in [9.17, 15) is 4.39 Å². The Hall–Kier alpha value is -1.05. The highest BCUT2D eigenvalue weighted by Gasteiger charge is 1.96. The van der Waals surface area contributed by atoms with Crippen molar-refractivity contribution in [3.05, 3.63) is 30.1 Å². The highest BCUT2D eigenvalue weighted by molar-refractivity contribution is 14.0. The van der Waals surface area contributed by atoms with Gasteiger partial charge in [-0.1, -0.05) is 6.07 Å². The lowest BCUT2D eigenvalue weighted by molar-refractivity contribution is 0.320. The van der Waals surface area contributed by atoms with Crippen LogP contribution in [0.4, 0.5) is 4.39 Å². The molecule has 0 atom stereocenters. The van der Waals surface area contributed by atoms with Crippen LogP contribution in [0.2, 0.25) is 0 Å². The molecule has 0 unspecified atom stereocenters. The van der Waals surface area contributed by atoms with E-state index < -0.39 is 0 Å². The maximum absolute atomic E-state index is 12.8. The molecule has 1 rings (SSSR count). The van der Waals surface area contributed by atoms with Crippen molar-refractivity contribution < 1.29 is 9.13 Å². The Morgan fingerprint density at radius 1 is 1.47 bits per heavy atom. The fraction of sp³-hybridized carbons (Fsp3) is 0.364. The number of benzene rings is 1. The number of nitrogens with zero attached hydrogens (tertiary/aromatic N) is 1. The molecular formula is C11H17FIN3O. The molecule has 0 amide bonds. The summed E-state index contributed by atoms with van der Waals surface area (Å²) in [5.74, 6) is 0.931. The third-order valence-corrected chi connectivity index (χ3v) is 1.92. The van der Waals surface area contributed by atoms with Crippen LogP contribution in [0, 0.1) is 5.82 Å². The van der Waals surface area contributed by atoms with Gasteiger partial charge in [0, 0.05) is 20.2 Å². The molecule has 0 heterocycles. The van der Waals surface area contributed by atoms with Gasteiger partial charge in [0.25, 0.3) is 0 Å². The molecule has 0 bridgehead atoms. The van der Waals surface area contributed by atoms with E-state index in [1.165, 1.54) is 12.1 Å². The van der Waals surface area contributed by atoms with Gasteiger partial charge in [-0.2, -0.15) is 0 Å². The second-order valence-electron chi connectivity index (χ2n) is 3.05. The fourth-order valence-corrected chi connectivity index (χ4v) is 1.17. The van der Waals surface area contributed by atoms with Crippen LogP contribution in [-0.4, -0.2) is 33.2 Å². The fourth-order valence-electron chi connectivity index (χ4n) is 1.17. The van der Waals surface area contributed by atoms with Crippen molar-refractivity contribution in [1.29, 1.82) is 0 Å². The number of hydrogen-bond acceptors (Lipinski definition) is 2. The molecule has 0 aliphatic rings. The van der Waals surface area contributed by atoms with E-state index in [-0.39, 0.29) is 29.8 Å². The zero-order chi connectivity index (χ0) is 11.8. The Morgan fingerprint density at radius 3 is 2.82 bits per heavy atom. The predicted octanol–water partition coefficient (Wildman–Crippen LogP) is 1.62. The molecule has 1 aromatic rings. The molecule has 6 heteroatoms. The number of hydrogen-bond donors (Lipinski definition) is 2. The smallest absolute Gasteiger partial charge is 0.190 e. The second-order valence-corrected chi connectivity index (χ2v) is 3.05. The van der Waals surface area contributed by atoms with Crippen LogP contribution in [0.5, 0.6) is 5.75 Å². The van der Waals surface area contributed by atoms with E-state index in [0.29, 0.717) is 24.9 Å². The summed E-state index contributed by atoms with van der Waals surface area (Å²) in [4.78, 5) is 3.94. The summed E-state index contributed by atoms with van der Waals surface area (Å²) in [6, 6.07) is 6.07. The molecule has 1 aromatic carbocycles. The normalized spacial score (nSPS) is 10.4. The summed E-state index contributed by atoms with van der Waals surface area (Å²) in [6.07, 6.45) is 0. The number of nitrogens with one attached hydrogen (secondary N) is 2. The minimum absolute atomic E-state index is 0. The molecule has 0 saturated heterocycles. The quantitative estimate of drug-likeness (QED) is 0.374. The molecule has 0 spiro atoms. The van der Waals surface area contributed by atoms with E-state index in [2.05, 4.69) is 15.6 Å². The molecule has 4 nitrogen and oxygen atoms in total. The van der Waals surface area contributed by atoms with Crippen molar-refractivity contribution >= 4 is 29.9 Å². The highest BCUT2D eigenvalue weighted by atomic mass is 127. The van der Waals surface area contributed by atoms with Gasteiger partial charge >= 0.3 is 0 Å². The minimum Gasteiger partial charge on any atom is -0.492 e. The van der Waals surface area contributed by atoms with E-state index in [0.717, 1.165) is 0 Å². The summed E-state index contributed by atoms with van der Waals surface area (Å²) in [6.45, 7) is 1.05. The third kappa shape index (κ3) is 6.30. The van der Waals surface area contributed by atoms with Crippen LogP contribution in [-0.2, 0) is 0 Å². The molecule has 17 heavy (non-hydrogen) atoms. The van der Waals surface area contributed by atoms with Crippen molar-refractivity contribution in [2.75, 3.05) is 27.2 Å². The molecule has 0 saturated carbocycles. The largest absolute Gasteiger partial charge is 0.492 e. The Kier molecular flexibility index (Phi) is 8.47. The highest BCUT2D eigenvalue weighted by Crippen LogP contribution is 2.11. The minimum atomic E-state index is -0.295. The van der Waals surface area contributed by atoms with Gasteiger partial charge in [0.05, 0.1) is 6.54 Å². The van der Waals surface area contributed by atoms with Crippen LogP contribution < -0.4 is 15.4 Å². The zero-order valence-corrected chi connectivity index (χ0v) is 12.2. The van der Waals surface area contributed by atoms with Gasteiger partial charge in [0.2, 0.25) is 0 Å². The molecule has 2 N–H and O–H groups in total. The summed E-state index contributed by atoms with van der Waals surface area (Å²) >= 11 is 0. The van der Waals surface area contributed by atoms with Crippen LogP contribution in [0.1, 0.15) is 0 Å². The standard InChI is InChI=1S/C11H16FN3O.HI/c1-13-11(14-2)15-6-7-16-10-5-3-4-9(12)8-10;/h3-5,8H,6-7H2,1-2H3,(H2,13,14,15);1H. The van der Waals surface area contributed by atoms with Gasteiger partial charge in [-0.25, -0.2) is 4.39 Å². The molecule has 0 fully saturated rings. The Bertz CT molecular complexity index is 360. The summed E-state index contributed by atoms with van der Waals surface area (Å²) < 4.78 is 18.1. The van der Waals surface area contributed by atoms with Crippen LogP contribution in [0.25, 0.3) is 0 Å². The van der Waals surface area contributed by atoms with Crippen LogP contribution in [0.3, 0.4) is 0 Å². The Morgan fingerprint density at radius 2 is 2.24 bits per heavy atom. The van der Waals surface area contributed by atoms with Gasteiger partial charge in [-0.3, -0.25) is 4.99 Å². The Balaban J connectivity index is 0.00000256. The van der Waals surface area contributed by atoms with Gasteiger partial charge in [-0.15, -0.1) is 24.0 Å². The summed E-state index contributed by atoms with van der Waals surface area (Å²) in [7, 11) is 3.47. The number of aliphatic imine (C=N–C) groups is 1. The zero-order valence-electron chi connectivity index (χ0n) is 9.87. The third-order valence-electron chi connectivity index (χ3n) is 1.92. The van der Waals surface area contributed by atoms with Crippen molar-refractivity contribution in [3.63, 3.8) is 0 Å². The van der Waals surface area contributed by atoms with Crippen LogP contribution in [0.15, 0.2) is 29.3 Å². The first-order valence-electron chi connectivity index (χ1n) is 5.03. The van der Waals surface area contributed by atoms with Gasteiger partial charge in [0.15, 0.2) is 5.96 Å². The average molecular weight is 353 g/mol. The van der Waals surface area contributed by atoms with Gasteiger partial charge in [-0.05, 0) is 12.1 Å². The summed E-state index contributed by atoms with van der Waals surface area (Å²) in [5.41, 5.74) is 0. The van der Waals surface area contributed by atoms with Crippen molar-refractivity contribution in [2.45, 2.75) is 0 Å². The second kappa shape index (κ2) is 9.03. The SMILES string of the molecule is CN=C(NC)NCCOc1cccc(F)c1.I. The van der Waals surface area contributed by atoms with E-state index in [1.54, 1.807) is 26.2 Å². The number of rotatable bonds is 4. The van der Waals surface area contributed by atoms with E-state index in [4.69, 9.17) is 4.74 Å². The maximum Gasteiger partial charge on any atom is 0.190 e. The molecule has 0 aliphatic heterocycles. The lowest BCUT2D eigenvalue weighted by atomic mass is 10.3. The lowest BCUT2D eigenvalue weighted by Gasteiger charge is -2.09. The molecule has 0 aromatic heterocycles. The average Bonchev–Trinajstić information content (AvgIpc) is 2.29. The number of ether oxygens (including phenoxy) is 1. The lowest BCUT2D eigenvalue weighted by Crippen LogP contribution is -2.37. The number of guanidine groups is 1. The first kappa shape index (κ1) is 16.0. The topological polar surface area (TPSA) is 45.7 Å². The van der Waals surface area contributed by atoms with Gasteiger partial charge in [0.1, 0.15) is 18.2 Å². The summed E-state index contributed by atoms with van der Waals surface area (Å²) in [5, 5.41) is 5.91. The van der Waals surface area contributed by atoms with E-state index >= 15 is 0 Å². The predicted molar refractivity (Wildman–Crippen MR) is 77.7 cm³/mol. The molecule has 0 radical (unpaired) electrons. The van der Waals surface area contributed by atoms with Crippen molar-refractivity contribution in [3.8, 4) is 5.75 Å². The Labute approximate surface area is 118 Å². The first-order chi connectivity index (χ1) is 7.76. The van der Waals surface area contributed by atoms with Gasteiger partial charge < -0.3 is 15.4 Å². The van der Waals surface area contributed by atoms with Crippen molar-refractivity contribution in [1.82, 2.24) is 10.6 Å². The van der Waals surface area contributed by atoms with E-state index in [1.807, 2.05) is 0 Å². The monoisotopic (exact) mass is 353 g/mol. The maximum atomic E-state index is 12.8. The van der Waals surface area contributed by atoms with Crippen molar-refractivity contribution in [2.24, 2.45) is 4.99 Å². The molecular weight excluding hydrogens is 336 g/mol. The van der Waals surface area contributed by atoms with Crippen LogP contribution >= 0.6 is 24.0 Å². The molecule has 96 valence electrons.